The Hall–Kier alpha value is -3.94. The Kier molecular flexibility index (Phi) is 7.90. The van der Waals surface area contributed by atoms with Crippen LogP contribution < -0.4 is 20.3 Å². The first-order chi connectivity index (χ1) is 15.1. The molecule has 0 fully saturated rings. The first-order valence-electron chi connectivity index (χ1n) is 9.30. The van der Waals surface area contributed by atoms with E-state index >= 15 is 0 Å². The van der Waals surface area contributed by atoms with E-state index in [4.69, 9.17) is 10.00 Å². The summed E-state index contributed by atoms with van der Waals surface area (Å²) in [5.74, 6) is -1.90. The lowest BCUT2D eigenvalue weighted by Gasteiger charge is -2.16. The van der Waals surface area contributed by atoms with Crippen LogP contribution in [0.15, 0.2) is 16.9 Å². The Morgan fingerprint density at radius 1 is 1.22 bits per heavy atom. The van der Waals surface area contributed by atoms with E-state index in [2.05, 4.69) is 19.8 Å². The van der Waals surface area contributed by atoms with Gasteiger partial charge in [0.05, 0.1) is 25.5 Å². The van der Waals surface area contributed by atoms with Crippen molar-refractivity contribution in [3.05, 3.63) is 50.4 Å². The molecule has 1 aromatic heterocycles. The molecule has 32 heavy (non-hydrogen) atoms. The molecule has 0 aliphatic heterocycles. The molecule has 0 bridgehead atoms. The number of hydrogen-bond donors (Lipinski definition) is 2. The molecular formula is C21H21F2N3O6. The Bertz CT molecular complexity index is 1140. The van der Waals surface area contributed by atoms with E-state index < -0.39 is 24.0 Å². The van der Waals surface area contributed by atoms with Gasteiger partial charge in [0.15, 0.2) is 11.5 Å². The minimum atomic E-state index is -3.16. The first kappa shape index (κ1) is 24.3. The van der Waals surface area contributed by atoms with Crippen molar-refractivity contribution in [3.63, 3.8) is 0 Å². The van der Waals surface area contributed by atoms with Crippen LogP contribution in [0, 0.1) is 25.2 Å². The molecule has 2 N–H and O–H groups in total. The number of nitrogens with one attached hydrogen (secondary N) is 2. The van der Waals surface area contributed by atoms with Crippen LogP contribution in [-0.4, -0.2) is 37.7 Å². The Labute approximate surface area is 181 Å². The summed E-state index contributed by atoms with van der Waals surface area (Å²) in [5, 5.41) is 11.6. The largest absolute Gasteiger partial charge is 0.493 e. The summed E-state index contributed by atoms with van der Waals surface area (Å²) < 4.78 is 39.5. The van der Waals surface area contributed by atoms with Crippen LogP contribution in [0.3, 0.4) is 0 Å². The highest BCUT2D eigenvalue weighted by atomic mass is 19.3. The number of amides is 1. The zero-order valence-electron chi connectivity index (χ0n) is 17.8. The van der Waals surface area contributed by atoms with Crippen LogP contribution in [0.1, 0.15) is 39.2 Å². The summed E-state index contributed by atoms with van der Waals surface area (Å²) >= 11 is 0. The van der Waals surface area contributed by atoms with E-state index in [1.54, 1.807) is 13.8 Å². The van der Waals surface area contributed by atoms with E-state index in [0.717, 1.165) is 19.2 Å². The number of nitriles is 1. The third-order valence-corrected chi connectivity index (χ3v) is 4.72. The number of ether oxygens (including phenoxy) is 3. The van der Waals surface area contributed by atoms with E-state index in [1.165, 1.54) is 7.11 Å². The molecule has 1 amide bonds. The van der Waals surface area contributed by atoms with E-state index in [1.807, 2.05) is 6.07 Å². The molecule has 0 atom stereocenters. The van der Waals surface area contributed by atoms with E-state index in [-0.39, 0.29) is 41.2 Å². The Balaban J connectivity index is 2.32. The Morgan fingerprint density at radius 2 is 1.91 bits per heavy atom. The molecule has 0 saturated carbocycles. The van der Waals surface area contributed by atoms with Gasteiger partial charge in [0, 0.05) is 24.2 Å². The summed E-state index contributed by atoms with van der Waals surface area (Å²) in [4.78, 5) is 39.1. The fourth-order valence-electron chi connectivity index (χ4n) is 3.16. The summed E-state index contributed by atoms with van der Waals surface area (Å²) in [5.41, 5.74) is 0.834. The lowest BCUT2D eigenvalue weighted by Crippen LogP contribution is -2.19. The number of alkyl halides is 2. The van der Waals surface area contributed by atoms with Gasteiger partial charge in [-0.1, -0.05) is 0 Å². The number of methoxy groups -OCH3 is 2. The maximum atomic E-state index is 12.7. The second-order valence-corrected chi connectivity index (χ2v) is 6.64. The topological polar surface area (TPSA) is 131 Å². The van der Waals surface area contributed by atoms with Gasteiger partial charge in [0.25, 0.3) is 5.56 Å². The van der Waals surface area contributed by atoms with Gasteiger partial charge >= 0.3 is 12.6 Å². The number of aromatic nitrogens is 1. The van der Waals surface area contributed by atoms with Gasteiger partial charge in [0.1, 0.15) is 11.6 Å². The SMILES string of the molecule is COC(=O)c1cc(OC)c(OC(F)F)cc1NC(=O)CCc1c(C)[nH]c(=O)c(C#N)c1C. The third kappa shape index (κ3) is 5.40. The average molecular weight is 449 g/mol. The number of rotatable bonds is 8. The zero-order valence-corrected chi connectivity index (χ0v) is 17.8. The summed E-state index contributed by atoms with van der Waals surface area (Å²) in [6.45, 7) is 0.105. The Morgan fingerprint density at radius 3 is 2.47 bits per heavy atom. The highest BCUT2D eigenvalue weighted by Gasteiger charge is 2.21. The van der Waals surface area contributed by atoms with Gasteiger partial charge in [-0.15, -0.1) is 0 Å². The highest BCUT2D eigenvalue weighted by molar-refractivity contribution is 6.02. The predicted molar refractivity (Wildman–Crippen MR) is 109 cm³/mol. The standard InChI is InChI=1S/C21H21F2N3O6/c1-10-12(11(2)25-19(28)14(10)9-24)5-6-18(27)26-15-8-17(32-21(22)23)16(30-3)7-13(15)20(29)31-4/h7-8,21H,5-6H2,1-4H3,(H,25,28)(H,26,27). The maximum Gasteiger partial charge on any atom is 0.387 e. The van der Waals surface area contributed by atoms with Crippen LogP contribution in [0.5, 0.6) is 11.5 Å². The van der Waals surface area contributed by atoms with E-state index in [0.29, 0.717) is 16.8 Å². The molecule has 1 aromatic carbocycles. The molecule has 2 rings (SSSR count). The molecule has 0 aliphatic rings. The van der Waals surface area contributed by atoms with Gasteiger partial charge in [-0.3, -0.25) is 9.59 Å². The normalized spacial score (nSPS) is 10.4. The number of H-pyrrole nitrogens is 1. The number of nitrogens with zero attached hydrogens (tertiary/aromatic N) is 1. The third-order valence-electron chi connectivity index (χ3n) is 4.72. The van der Waals surface area contributed by atoms with Crippen molar-refractivity contribution in [2.75, 3.05) is 19.5 Å². The van der Waals surface area contributed by atoms with Crippen molar-refractivity contribution in [1.82, 2.24) is 4.98 Å². The monoisotopic (exact) mass is 449 g/mol. The minimum absolute atomic E-state index is 0.0390. The highest BCUT2D eigenvalue weighted by Crippen LogP contribution is 2.35. The van der Waals surface area contributed by atoms with Crippen LogP contribution in [-0.2, 0) is 16.0 Å². The van der Waals surface area contributed by atoms with Gasteiger partial charge < -0.3 is 24.5 Å². The van der Waals surface area contributed by atoms with Crippen LogP contribution in [0.2, 0.25) is 0 Å². The van der Waals surface area contributed by atoms with Gasteiger partial charge in [-0.25, -0.2) is 4.79 Å². The van der Waals surface area contributed by atoms with E-state index in [9.17, 15) is 23.2 Å². The second-order valence-electron chi connectivity index (χ2n) is 6.64. The van der Waals surface area contributed by atoms with Gasteiger partial charge in [-0.05, 0) is 31.4 Å². The molecule has 170 valence electrons. The molecule has 2 aromatic rings. The van der Waals surface area contributed by atoms with Crippen LogP contribution in [0.4, 0.5) is 14.5 Å². The lowest BCUT2D eigenvalue weighted by atomic mass is 9.99. The van der Waals surface area contributed by atoms with Crippen molar-refractivity contribution in [3.8, 4) is 17.6 Å². The van der Waals surface area contributed by atoms with Gasteiger partial charge in [-0.2, -0.15) is 14.0 Å². The quantitative estimate of drug-likeness (QED) is 0.593. The number of esters is 1. The number of pyridine rings is 1. The molecule has 11 heteroatoms. The smallest absolute Gasteiger partial charge is 0.387 e. The second kappa shape index (κ2) is 10.4. The average Bonchev–Trinajstić information content (AvgIpc) is 2.72. The van der Waals surface area contributed by atoms with Crippen LogP contribution >= 0.6 is 0 Å². The summed E-state index contributed by atoms with van der Waals surface area (Å²) in [6, 6.07) is 4.00. The van der Waals surface area contributed by atoms with Gasteiger partial charge in [0.2, 0.25) is 5.91 Å². The molecule has 0 saturated heterocycles. The zero-order chi connectivity index (χ0) is 24.0. The van der Waals surface area contributed by atoms with Crippen molar-refractivity contribution >= 4 is 17.6 Å². The first-order valence-corrected chi connectivity index (χ1v) is 9.30. The lowest BCUT2D eigenvalue weighted by molar-refractivity contribution is -0.116. The van der Waals surface area contributed by atoms with Crippen LogP contribution in [0.25, 0.3) is 0 Å². The molecule has 0 unspecified atom stereocenters. The number of carbonyl (C=O) groups excluding carboxylic acids is 2. The molecule has 0 aliphatic carbocycles. The van der Waals surface area contributed by atoms with Crippen molar-refractivity contribution in [1.29, 1.82) is 5.26 Å². The number of aromatic amines is 1. The van der Waals surface area contributed by atoms with Crippen molar-refractivity contribution < 1.29 is 32.6 Å². The molecule has 0 spiro atoms. The molecule has 1 heterocycles. The number of carbonyl (C=O) groups is 2. The number of anilines is 1. The summed E-state index contributed by atoms with van der Waals surface area (Å²) in [6.07, 6.45) is 0.0926. The molecular weight excluding hydrogens is 428 g/mol. The number of aryl methyl sites for hydroxylation is 1. The maximum absolute atomic E-state index is 12.7. The fraction of sp³-hybridized carbons (Fsp3) is 0.333. The number of benzene rings is 1. The molecule has 9 nitrogen and oxygen atoms in total. The number of hydrogen-bond acceptors (Lipinski definition) is 7. The van der Waals surface area contributed by atoms with Crippen molar-refractivity contribution in [2.45, 2.75) is 33.3 Å². The fourth-order valence-corrected chi connectivity index (χ4v) is 3.16. The minimum Gasteiger partial charge on any atom is -0.493 e. The summed E-state index contributed by atoms with van der Waals surface area (Å²) in [7, 11) is 2.33. The van der Waals surface area contributed by atoms with Crippen molar-refractivity contribution in [2.24, 2.45) is 0 Å². The molecule has 0 radical (unpaired) electrons. The number of halogens is 2. The predicted octanol–water partition coefficient (Wildman–Crippen LogP) is 2.83.